The normalized spacial score (nSPS) is 11.9. The number of nitrogens with one attached hydrogen (secondary N) is 1. The first-order valence-corrected chi connectivity index (χ1v) is 7.18. The van der Waals surface area contributed by atoms with E-state index in [1.165, 1.54) is 18.7 Å². The second-order valence-corrected chi connectivity index (χ2v) is 4.57. The van der Waals surface area contributed by atoms with Crippen LogP contribution in [-0.4, -0.2) is 52.7 Å². The van der Waals surface area contributed by atoms with Gasteiger partial charge in [-0.2, -0.15) is 18.7 Å². The van der Waals surface area contributed by atoms with Crippen LogP contribution in [0.25, 0.3) is 12.4 Å². The van der Waals surface area contributed by atoms with Gasteiger partial charge in [0.1, 0.15) is 0 Å². The third-order valence-electron chi connectivity index (χ3n) is 2.90. The molecule has 0 aliphatic heterocycles. The van der Waals surface area contributed by atoms with Crippen molar-refractivity contribution in [2.24, 2.45) is 0 Å². The summed E-state index contributed by atoms with van der Waals surface area (Å²) in [6.45, 7) is 5.40. The first-order chi connectivity index (χ1) is 11.2. The van der Waals surface area contributed by atoms with Gasteiger partial charge in [0, 0.05) is 25.5 Å². The number of rotatable bonds is 8. The standard InChI is InChI=1S/C12H19N9O2/c1-3-7-18-11(22)20(16-14-18)9-5-13-6-10-21-12(23)19(8-4-2)15-17-21/h3-4,7-8,13H,5-6,9-10H2,1-2H3/b7-3+,8-4+. The van der Waals surface area contributed by atoms with Crippen molar-refractivity contribution >= 4 is 12.4 Å². The van der Waals surface area contributed by atoms with Gasteiger partial charge in [-0.1, -0.05) is 12.2 Å². The molecule has 0 spiro atoms. The lowest BCUT2D eigenvalue weighted by atomic mass is 10.5. The molecule has 0 aromatic carbocycles. The van der Waals surface area contributed by atoms with Gasteiger partial charge in [-0.05, 0) is 34.7 Å². The van der Waals surface area contributed by atoms with Crippen molar-refractivity contribution in [2.75, 3.05) is 13.1 Å². The third-order valence-corrected chi connectivity index (χ3v) is 2.90. The molecule has 2 rings (SSSR count). The van der Waals surface area contributed by atoms with Crippen molar-refractivity contribution in [3.8, 4) is 0 Å². The first kappa shape index (κ1) is 16.5. The highest BCUT2D eigenvalue weighted by molar-refractivity contribution is 5.16. The Morgan fingerprint density at radius 2 is 1.26 bits per heavy atom. The Balaban J connectivity index is 1.78. The van der Waals surface area contributed by atoms with E-state index in [0.717, 1.165) is 0 Å². The van der Waals surface area contributed by atoms with Crippen LogP contribution in [0.1, 0.15) is 13.8 Å². The molecule has 11 nitrogen and oxygen atoms in total. The van der Waals surface area contributed by atoms with Gasteiger partial charge in [-0.3, -0.25) is 0 Å². The van der Waals surface area contributed by atoms with Crippen molar-refractivity contribution in [1.82, 2.24) is 44.9 Å². The van der Waals surface area contributed by atoms with Gasteiger partial charge in [0.25, 0.3) is 0 Å². The highest BCUT2D eigenvalue weighted by Gasteiger charge is 2.05. The van der Waals surface area contributed by atoms with Crippen molar-refractivity contribution in [2.45, 2.75) is 26.9 Å². The Hall–Kier alpha value is -2.82. The lowest BCUT2D eigenvalue weighted by molar-refractivity contribution is 0.491. The van der Waals surface area contributed by atoms with Gasteiger partial charge in [0.15, 0.2) is 0 Å². The van der Waals surface area contributed by atoms with Gasteiger partial charge >= 0.3 is 11.4 Å². The van der Waals surface area contributed by atoms with Crippen LogP contribution in [0.15, 0.2) is 21.7 Å². The van der Waals surface area contributed by atoms with Gasteiger partial charge in [0.05, 0.1) is 13.1 Å². The second kappa shape index (κ2) is 7.98. The van der Waals surface area contributed by atoms with Crippen LogP contribution in [0.2, 0.25) is 0 Å². The summed E-state index contributed by atoms with van der Waals surface area (Å²) in [5.74, 6) is 0. The molecule has 0 amide bonds. The molecule has 11 heteroatoms. The van der Waals surface area contributed by atoms with E-state index in [9.17, 15) is 9.59 Å². The van der Waals surface area contributed by atoms with E-state index in [1.54, 1.807) is 38.4 Å². The molecule has 23 heavy (non-hydrogen) atoms. The monoisotopic (exact) mass is 321 g/mol. The van der Waals surface area contributed by atoms with Crippen LogP contribution in [0.5, 0.6) is 0 Å². The number of nitrogens with zero attached hydrogens (tertiary/aromatic N) is 8. The Morgan fingerprint density at radius 1 is 0.826 bits per heavy atom. The molecule has 0 aliphatic carbocycles. The van der Waals surface area contributed by atoms with Crippen LogP contribution in [0.4, 0.5) is 0 Å². The van der Waals surface area contributed by atoms with E-state index in [-0.39, 0.29) is 11.4 Å². The maximum Gasteiger partial charge on any atom is 0.367 e. The smallest absolute Gasteiger partial charge is 0.313 e. The molecule has 0 aliphatic rings. The number of tetrazole rings is 2. The largest absolute Gasteiger partial charge is 0.367 e. The Bertz CT molecular complexity index is 726. The summed E-state index contributed by atoms with van der Waals surface area (Å²) in [6.07, 6.45) is 6.49. The lowest BCUT2D eigenvalue weighted by Crippen LogP contribution is -2.32. The van der Waals surface area contributed by atoms with E-state index >= 15 is 0 Å². The molecule has 0 saturated carbocycles. The molecule has 0 unspecified atom stereocenters. The Labute approximate surface area is 131 Å². The minimum atomic E-state index is -0.296. The van der Waals surface area contributed by atoms with Crippen molar-refractivity contribution in [3.05, 3.63) is 33.1 Å². The van der Waals surface area contributed by atoms with E-state index in [0.29, 0.717) is 26.2 Å². The van der Waals surface area contributed by atoms with Crippen LogP contribution >= 0.6 is 0 Å². The average Bonchev–Trinajstić information content (AvgIpc) is 3.06. The molecule has 0 saturated heterocycles. The highest BCUT2D eigenvalue weighted by Crippen LogP contribution is 1.80. The summed E-state index contributed by atoms with van der Waals surface area (Å²) >= 11 is 0. The van der Waals surface area contributed by atoms with Crippen molar-refractivity contribution in [3.63, 3.8) is 0 Å². The molecule has 0 fully saturated rings. The van der Waals surface area contributed by atoms with E-state index < -0.39 is 0 Å². The lowest BCUT2D eigenvalue weighted by Gasteiger charge is -2.02. The highest BCUT2D eigenvalue weighted by atomic mass is 16.2. The maximum atomic E-state index is 11.8. The fourth-order valence-corrected chi connectivity index (χ4v) is 1.82. The zero-order valence-electron chi connectivity index (χ0n) is 13.0. The van der Waals surface area contributed by atoms with Gasteiger partial charge in [-0.15, -0.1) is 0 Å². The zero-order valence-corrected chi connectivity index (χ0v) is 13.0. The minimum Gasteiger partial charge on any atom is -0.313 e. The number of hydrogen-bond donors (Lipinski definition) is 1. The van der Waals surface area contributed by atoms with Crippen molar-refractivity contribution < 1.29 is 0 Å². The van der Waals surface area contributed by atoms with Crippen LogP contribution < -0.4 is 16.7 Å². The molecule has 124 valence electrons. The predicted octanol–water partition coefficient (Wildman–Crippen LogP) is -1.54. The maximum absolute atomic E-state index is 11.8. The topological polar surface area (TPSA) is 117 Å². The zero-order chi connectivity index (χ0) is 16.7. The molecule has 2 aromatic heterocycles. The molecule has 2 heterocycles. The SMILES string of the molecule is C/C=C/n1nnn(CCNCCn2nnn(/C=C/C)c2=O)c1=O. The summed E-state index contributed by atoms with van der Waals surface area (Å²) in [5, 5.41) is 18.1. The van der Waals surface area contributed by atoms with Crippen molar-refractivity contribution in [1.29, 1.82) is 0 Å². The van der Waals surface area contributed by atoms with E-state index in [4.69, 9.17) is 0 Å². The van der Waals surface area contributed by atoms with Crippen LogP contribution in [0, 0.1) is 0 Å². The quantitative estimate of drug-likeness (QED) is 0.586. The van der Waals surface area contributed by atoms with E-state index in [2.05, 4.69) is 26.2 Å². The Morgan fingerprint density at radius 3 is 1.65 bits per heavy atom. The van der Waals surface area contributed by atoms with Gasteiger partial charge in [0.2, 0.25) is 0 Å². The fourth-order valence-electron chi connectivity index (χ4n) is 1.82. The summed E-state index contributed by atoms with van der Waals surface area (Å²) in [5.41, 5.74) is -0.592. The van der Waals surface area contributed by atoms with Crippen LogP contribution in [0.3, 0.4) is 0 Å². The Kier molecular flexibility index (Phi) is 5.74. The summed E-state index contributed by atoms with van der Waals surface area (Å²) in [7, 11) is 0. The molecule has 1 N–H and O–H groups in total. The molecule has 0 radical (unpaired) electrons. The number of aromatic nitrogens is 8. The van der Waals surface area contributed by atoms with Gasteiger partial charge in [-0.25, -0.2) is 9.59 Å². The minimum absolute atomic E-state index is 0.296. The van der Waals surface area contributed by atoms with Gasteiger partial charge < -0.3 is 5.32 Å². The third kappa shape index (κ3) is 4.10. The first-order valence-electron chi connectivity index (χ1n) is 7.18. The number of hydrogen-bond acceptors (Lipinski definition) is 7. The average molecular weight is 321 g/mol. The second-order valence-electron chi connectivity index (χ2n) is 4.57. The predicted molar refractivity (Wildman–Crippen MR) is 83.4 cm³/mol. The summed E-state index contributed by atoms with van der Waals surface area (Å²) in [6, 6.07) is 0. The molecule has 0 bridgehead atoms. The molecular weight excluding hydrogens is 302 g/mol. The summed E-state index contributed by atoms with van der Waals surface area (Å²) < 4.78 is 4.86. The summed E-state index contributed by atoms with van der Waals surface area (Å²) in [4.78, 5) is 23.6. The van der Waals surface area contributed by atoms with E-state index in [1.807, 2.05) is 0 Å². The number of allylic oxidation sites excluding steroid dienone is 2. The molecular formula is C12H19N9O2. The molecule has 0 atom stereocenters. The van der Waals surface area contributed by atoms with Crippen LogP contribution in [-0.2, 0) is 13.1 Å². The fraction of sp³-hybridized carbons (Fsp3) is 0.500. The molecule has 2 aromatic rings.